The molecule has 0 amide bonds. The van der Waals surface area contributed by atoms with Gasteiger partial charge < -0.3 is 4.42 Å². The maximum Gasteiger partial charge on any atom is 0.143 e. The molecule has 0 spiro atoms. The van der Waals surface area contributed by atoms with Crippen LogP contribution >= 0.6 is 0 Å². The zero-order chi connectivity index (χ0) is 46.8. The molecule has 9 aromatic rings. The van der Waals surface area contributed by atoms with Gasteiger partial charge in [0, 0.05) is 27.6 Å². The van der Waals surface area contributed by atoms with E-state index in [1.807, 2.05) is 30.3 Å². The average Bonchev–Trinajstić information content (AvgIpc) is 3.71. The van der Waals surface area contributed by atoms with Gasteiger partial charge in [0.1, 0.15) is 11.3 Å². The lowest BCUT2D eigenvalue weighted by Gasteiger charge is -2.18. The van der Waals surface area contributed by atoms with Crippen molar-refractivity contribution in [2.24, 2.45) is 0 Å². The zero-order valence-electron chi connectivity index (χ0n) is 42.3. The molecule has 9 rings (SSSR count). The highest BCUT2D eigenvalue weighted by atomic mass is 16.3. The van der Waals surface area contributed by atoms with Gasteiger partial charge in [-0.2, -0.15) is 0 Å². The van der Waals surface area contributed by atoms with Gasteiger partial charge in [-0.25, -0.2) is 0 Å². The quantitative estimate of drug-likeness (QED) is 0.175. The lowest BCUT2D eigenvalue weighted by atomic mass is 9.84. The minimum atomic E-state index is -0.796. The van der Waals surface area contributed by atoms with E-state index in [9.17, 15) is 5.48 Å². The Kier molecular flexibility index (Phi) is 3.49. The van der Waals surface area contributed by atoms with E-state index in [4.69, 9.17) is 23.6 Å². The van der Waals surface area contributed by atoms with Crippen LogP contribution in [0.5, 0.6) is 0 Å². The smallest absolute Gasteiger partial charge is 0.143 e. The molecule has 8 aromatic carbocycles. The molecule has 0 aliphatic carbocycles. The van der Waals surface area contributed by atoms with Gasteiger partial charge in [-0.3, -0.25) is 0 Å². The molecule has 47 heavy (non-hydrogen) atoms. The summed E-state index contributed by atoms with van der Waals surface area (Å²) in [6.07, 6.45) is 0. The van der Waals surface area contributed by atoms with E-state index in [1.165, 1.54) is 12.1 Å². The first kappa shape index (κ1) is 14.5. The van der Waals surface area contributed by atoms with Gasteiger partial charge in [0.15, 0.2) is 0 Å². The summed E-state index contributed by atoms with van der Waals surface area (Å²) >= 11 is 0. The Morgan fingerprint density at radius 2 is 0.851 bits per heavy atom. The van der Waals surface area contributed by atoms with Gasteiger partial charge >= 0.3 is 0 Å². The maximum atomic E-state index is 9.54. The summed E-state index contributed by atoms with van der Waals surface area (Å²) in [5.41, 5.74) is 0.642. The van der Waals surface area contributed by atoms with Crippen molar-refractivity contribution in [1.29, 1.82) is 0 Å². The van der Waals surface area contributed by atoms with Crippen LogP contribution in [-0.2, 0) is 0 Å². The number of para-hydroxylation sites is 1. The monoisotopic (exact) mass is 616 g/mol. The minimum absolute atomic E-state index is 0.00240. The van der Waals surface area contributed by atoms with Crippen molar-refractivity contribution in [3.8, 4) is 55.8 Å². The number of rotatable bonds is 5. The highest BCUT2D eigenvalue weighted by Crippen LogP contribution is 2.50. The summed E-state index contributed by atoms with van der Waals surface area (Å²) in [6.45, 7) is 0. The molecule has 0 aliphatic heterocycles. The fraction of sp³-hybridized carbons (Fsp3) is 0. The molecule has 0 atom stereocenters. The van der Waals surface area contributed by atoms with E-state index in [1.54, 1.807) is 30.3 Å². The molecule has 0 unspecified atom stereocenters. The number of benzene rings is 8. The molecular weight excluding hydrogens is 569 g/mol. The molecule has 0 saturated carbocycles. The summed E-state index contributed by atoms with van der Waals surface area (Å²) in [4.78, 5) is 0. The van der Waals surface area contributed by atoms with Gasteiger partial charge in [-0.1, -0.05) is 182 Å². The second-order valence-corrected chi connectivity index (χ2v) is 10.7. The fourth-order valence-electron chi connectivity index (χ4n) is 6.10. The predicted molar refractivity (Wildman–Crippen MR) is 198 cm³/mol. The molecular formula is C46H30O. The lowest BCUT2D eigenvalue weighted by Crippen LogP contribution is -1.91. The van der Waals surface area contributed by atoms with E-state index in [2.05, 4.69) is 0 Å². The molecule has 0 fully saturated rings. The molecule has 1 heteroatoms. The third-order valence-electron chi connectivity index (χ3n) is 8.11. The first-order valence-corrected chi connectivity index (χ1v) is 14.6. The van der Waals surface area contributed by atoms with Crippen molar-refractivity contribution >= 4 is 32.5 Å². The van der Waals surface area contributed by atoms with Crippen molar-refractivity contribution in [2.45, 2.75) is 0 Å². The fourth-order valence-corrected chi connectivity index (χ4v) is 6.10. The Bertz CT molecular complexity index is 3420. The normalized spacial score (nSPS) is 16.8. The SMILES string of the molecule is [2H]c1c([2H])c([2H])c(-c2cccc3c(-c4c5c([2H])c([2H])c([2H])c([2H])c5c(-c5c([2H])c([2H])c([2H])c([2H])c5[2H])c5c([2H])c([2H])c([2H])c([2H])c45)c(-c4ccc(-c5ccccc5)cc4)oc23)c([2H])c1[2H]. The van der Waals surface area contributed by atoms with Crippen LogP contribution in [0.1, 0.15) is 24.7 Å². The highest BCUT2D eigenvalue weighted by Gasteiger charge is 2.25. The van der Waals surface area contributed by atoms with Crippen LogP contribution in [0.2, 0.25) is 0 Å². The molecule has 0 bridgehead atoms. The van der Waals surface area contributed by atoms with Gasteiger partial charge in [0.2, 0.25) is 0 Å². The second kappa shape index (κ2) is 11.3. The van der Waals surface area contributed by atoms with Crippen LogP contribution in [-0.4, -0.2) is 0 Å². The van der Waals surface area contributed by atoms with Crippen LogP contribution in [0.4, 0.5) is 0 Å². The summed E-state index contributed by atoms with van der Waals surface area (Å²) < 4.78 is 167. The molecule has 0 saturated heterocycles. The summed E-state index contributed by atoms with van der Waals surface area (Å²) in [7, 11) is 0. The number of hydrogen-bond donors (Lipinski definition) is 0. The van der Waals surface area contributed by atoms with Crippen molar-refractivity contribution < 1.29 is 29.1 Å². The van der Waals surface area contributed by atoms with Crippen molar-refractivity contribution in [3.63, 3.8) is 0 Å². The van der Waals surface area contributed by atoms with Crippen LogP contribution in [0, 0.1) is 0 Å². The first-order chi connectivity index (χ1) is 30.8. The molecule has 1 nitrogen and oxygen atoms in total. The minimum Gasteiger partial charge on any atom is -0.455 e. The molecule has 0 N–H and O–H groups in total. The average molecular weight is 617 g/mol. The molecule has 0 aliphatic rings. The molecule has 1 heterocycles. The van der Waals surface area contributed by atoms with Crippen LogP contribution in [0.3, 0.4) is 0 Å². The molecule has 1 aromatic heterocycles. The van der Waals surface area contributed by atoms with Gasteiger partial charge in [0.05, 0.1) is 24.7 Å². The number of hydrogen-bond acceptors (Lipinski definition) is 1. The summed E-state index contributed by atoms with van der Waals surface area (Å²) in [5, 5.41) is -1.36. The first-order valence-electron chi connectivity index (χ1n) is 23.6. The van der Waals surface area contributed by atoms with E-state index >= 15 is 0 Å². The topological polar surface area (TPSA) is 13.1 Å². The highest BCUT2D eigenvalue weighted by molar-refractivity contribution is 6.25. The van der Waals surface area contributed by atoms with E-state index in [0.29, 0.717) is 5.56 Å². The lowest BCUT2D eigenvalue weighted by molar-refractivity contribution is 0.633. The number of furan rings is 1. The predicted octanol–water partition coefficient (Wildman–Crippen LogP) is 13.1. The second-order valence-electron chi connectivity index (χ2n) is 10.7. The van der Waals surface area contributed by atoms with Crippen LogP contribution in [0.25, 0.3) is 88.3 Å². The van der Waals surface area contributed by atoms with Crippen molar-refractivity contribution in [2.75, 3.05) is 0 Å². The number of fused-ring (bicyclic) bond motifs is 3. The summed E-state index contributed by atoms with van der Waals surface area (Å²) in [6, 6.07) is 8.21. The van der Waals surface area contributed by atoms with Crippen LogP contribution in [0.15, 0.2) is 186 Å². The van der Waals surface area contributed by atoms with E-state index < -0.39 is 131 Å². The molecule has 0 radical (unpaired) electrons. The summed E-state index contributed by atoms with van der Waals surface area (Å²) in [5.74, 6) is -0.00240. The van der Waals surface area contributed by atoms with Gasteiger partial charge in [-0.15, -0.1) is 0 Å². The van der Waals surface area contributed by atoms with E-state index in [-0.39, 0.29) is 49.8 Å². The molecule has 220 valence electrons. The standard InChI is InChI=1S/C46H30O/c1-4-15-31(16-5-1)32-27-29-35(30-28-32)45-44(41-26-14-25-36(46(41)47-45)33-17-6-2-7-18-33)43-39-23-12-10-21-37(39)42(34-19-8-3-9-20-34)38-22-11-13-24-40(38)43/h1-30H/i2D,3D,6D,7D,8D,9D,10D,11D,12D,13D,17D,18D,19D,20D,21D,22D,23D,24D. The Labute approximate surface area is 299 Å². The van der Waals surface area contributed by atoms with Gasteiger partial charge in [0.25, 0.3) is 0 Å². The van der Waals surface area contributed by atoms with Crippen LogP contribution < -0.4 is 0 Å². The Morgan fingerprint density at radius 3 is 1.47 bits per heavy atom. The van der Waals surface area contributed by atoms with Gasteiger partial charge in [-0.05, 0) is 49.4 Å². The Morgan fingerprint density at radius 1 is 0.340 bits per heavy atom. The van der Waals surface area contributed by atoms with Crippen molar-refractivity contribution in [3.05, 3.63) is 182 Å². The maximum absolute atomic E-state index is 9.54. The van der Waals surface area contributed by atoms with Crippen molar-refractivity contribution in [1.82, 2.24) is 0 Å². The third kappa shape index (κ3) is 4.56. The Hall–Kier alpha value is -6.18. The Balaban J connectivity index is 1.58. The third-order valence-corrected chi connectivity index (χ3v) is 8.11. The largest absolute Gasteiger partial charge is 0.455 e. The zero-order valence-corrected chi connectivity index (χ0v) is 24.3. The van der Waals surface area contributed by atoms with E-state index in [0.717, 1.165) is 11.1 Å².